The van der Waals surface area contributed by atoms with Gasteiger partial charge >= 0.3 is 6.18 Å². The van der Waals surface area contributed by atoms with Crippen molar-refractivity contribution in [1.29, 1.82) is 0 Å². The topological polar surface area (TPSA) is 48.2 Å². The summed E-state index contributed by atoms with van der Waals surface area (Å²) in [4.78, 5) is 3.93. The van der Waals surface area contributed by atoms with Crippen LogP contribution in [0.15, 0.2) is 28.9 Å². The summed E-state index contributed by atoms with van der Waals surface area (Å²) in [5.41, 5.74) is -1.07. The number of ether oxygens (including phenoxy) is 1. The molecule has 0 radical (unpaired) electrons. The molecule has 0 fully saturated rings. The highest BCUT2D eigenvalue weighted by Crippen LogP contribution is 2.28. The number of pyridine rings is 1. The summed E-state index contributed by atoms with van der Waals surface area (Å²) in [7, 11) is 0. The molecule has 4 nitrogen and oxygen atoms in total. The first-order valence-electron chi connectivity index (χ1n) is 4.72. The Labute approximate surface area is 113 Å². The average molecular weight is 370 g/mol. The van der Waals surface area contributed by atoms with Gasteiger partial charge in [-0.1, -0.05) is 5.16 Å². The maximum Gasteiger partial charge on any atom is 0.436 e. The van der Waals surface area contributed by atoms with Crippen LogP contribution < -0.4 is 4.74 Å². The molecule has 0 bridgehead atoms. The lowest BCUT2D eigenvalue weighted by atomic mass is 10.3. The van der Waals surface area contributed by atoms with Gasteiger partial charge in [0.05, 0.1) is 0 Å². The fourth-order valence-corrected chi connectivity index (χ4v) is 1.43. The molecule has 0 aliphatic rings. The summed E-state index contributed by atoms with van der Waals surface area (Å²) >= 11 is 2.08. The molecule has 0 amide bonds. The van der Waals surface area contributed by atoms with Crippen LogP contribution >= 0.6 is 22.6 Å². The van der Waals surface area contributed by atoms with Gasteiger partial charge in [-0.25, -0.2) is 4.98 Å². The highest BCUT2D eigenvalue weighted by atomic mass is 127. The first kappa shape index (κ1) is 13.1. The summed E-state index contributed by atoms with van der Waals surface area (Å²) < 4.78 is 47.3. The minimum absolute atomic E-state index is 0.0114. The third kappa shape index (κ3) is 3.34. The number of rotatable bonds is 3. The second-order valence-corrected chi connectivity index (χ2v) is 4.53. The minimum atomic E-state index is -4.51. The highest BCUT2D eigenvalue weighted by molar-refractivity contribution is 14.1. The van der Waals surface area contributed by atoms with Gasteiger partial charge in [-0.15, -0.1) is 0 Å². The number of halogens is 4. The first-order chi connectivity index (χ1) is 8.45. The zero-order chi connectivity index (χ0) is 13.2. The van der Waals surface area contributed by atoms with E-state index >= 15 is 0 Å². The SMILES string of the molecule is FC(F)(F)c1cc(COc2ccc(I)cn2)on1. The van der Waals surface area contributed by atoms with Crippen LogP contribution in [0.4, 0.5) is 13.2 Å². The van der Waals surface area contributed by atoms with Gasteiger partial charge in [0, 0.05) is 21.9 Å². The maximum atomic E-state index is 12.2. The van der Waals surface area contributed by atoms with Crippen LogP contribution in [-0.2, 0) is 12.8 Å². The molecule has 0 aromatic carbocycles. The van der Waals surface area contributed by atoms with Crippen molar-refractivity contribution in [2.24, 2.45) is 0 Å². The molecule has 0 unspecified atom stereocenters. The lowest BCUT2D eigenvalue weighted by Gasteiger charge is -2.01. The van der Waals surface area contributed by atoms with E-state index in [1.807, 2.05) is 0 Å². The van der Waals surface area contributed by atoms with E-state index < -0.39 is 11.9 Å². The molecule has 2 heterocycles. The smallest absolute Gasteiger partial charge is 0.436 e. The van der Waals surface area contributed by atoms with Crippen molar-refractivity contribution in [3.8, 4) is 5.88 Å². The molecule has 8 heteroatoms. The van der Waals surface area contributed by atoms with Crippen molar-refractivity contribution in [1.82, 2.24) is 10.1 Å². The van der Waals surface area contributed by atoms with E-state index in [-0.39, 0.29) is 12.4 Å². The first-order valence-corrected chi connectivity index (χ1v) is 5.80. The largest absolute Gasteiger partial charge is 0.469 e. The molecule has 0 atom stereocenters. The predicted octanol–water partition coefficient (Wildman–Crippen LogP) is 3.27. The summed E-state index contributed by atoms with van der Waals surface area (Å²) in [5.74, 6) is 0.294. The number of hydrogen-bond donors (Lipinski definition) is 0. The molecule has 18 heavy (non-hydrogen) atoms. The lowest BCUT2D eigenvalue weighted by Crippen LogP contribution is -2.04. The third-order valence-electron chi connectivity index (χ3n) is 1.91. The van der Waals surface area contributed by atoms with Crippen LogP contribution in [0.25, 0.3) is 0 Å². The fourth-order valence-electron chi connectivity index (χ4n) is 1.11. The van der Waals surface area contributed by atoms with Crippen LogP contribution in [0.2, 0.25) is 0 Å². The number of aromatic nitrogens is 2. The Hall–Kier alpha value is -1.32. The van der Waals surface area contributed by atoms with E-state index in [4.69, 9.17) is 4.74 Å². The third-order valence-corrected chi connectivity index (χ3v) is 2.55. The van der Waals surface area contributed by atoms with Crippen LogP contribution in [-0.4, -0.2) is 10.1 Å². The minimum Gasteiger partial charge on any atom is -0.469 e. The van der Waals surface area contributed by atoms with Crippen LogP contribution in [0, 0.1) is 3.57 Å². The molecule has 0 aliphatic heterocycles. The highest BCUT2D eigenvalue weighted by Gasteiger charge is 2.34. The summed E-state index contributed by atoms with van der Waals surface area (Å²) in [5, 5.41) is 2.91. The van der Waals surface area contributed by atoms with Gasteiger partial charge in [-0.3, -0.25) is 0 Å². The molecule has 0 saturated heterocycles. The molecule has 0 aliphatic carbocycles. The van der Waals surface area contributed by atoms with Crippen molar-refractivity contribution >= 4 is 22.6 Å². The summed E-state index contributed by atoms with van der Waals surface area (Å²) in [6, 6.07) is 4.18. The summed E-state index contributed by atoms with van der Waals surface area (Å²) in [6.45, 7) is -0.156. The summed E-state index contributed by atoms with van der Waals surface area (Å²) in [6.07, 6.45) is -2.93. The lowest BCUT2D eigenvalue weighted by molar-refractivity contribution is -0.142. The van der Waals surface area contributed by atoms with Gasteiger partial charge in [0.2, 0.25) is 5.88 Å². The number of hydrogen-bond acceptors (Lipinski definition) is 4. The van der Waals surface area contributed by atoms with E-state index in [0.29, 0.717) is 5.88 Å². The van der Waals surface area contributed by atoms with E-state index in [2.05, 4.69) is 37.3 Å². The van der Waals surface area contributed by atoms with Crippen molar-refractivity contribution < 1.29 is 22.4 Å². The Kier molecular flexibility index (Phi) is 3.73. The van der Waals surface area contributed by atoms with Gasteiger partial charge in [-0.2, -0.15) is 13.2 Å². The maximum absolute atomic E-state index is 12.2. The van der Waals surface area contributed by atoms with Crippen molar-refractivity contribution in [2.45, 2.75) is 12.8 Å². The van der Waals surface area contributed by atoms with Gasteiger partial charge in [0.25, 0.3) is 0 Å². The Morgan fingerprint density at radius 2 is 2.11 bits per heavy atom. The van der Waals surface area contributed by atoms with Gasteiger partial charge in [-0.05, 0) is 28.7 Å². The molecule has 0 saturated carbocycles. The standard InChI is InChI=1S/C10H6F3IN2O2/c11-10(12,13)8-3-7(18-16-8)5-17-9-2-1-6(14)4-15-9/h1-4H,5H2. The average Bonchev–Trinajstić information content (AvgIpc) is 2.77. The quantitative estimate of drug-likeness (QED) is 0.779. The second-order valence-electron chi connectivity index (χ2n) is 3.28. The van der Waals surface area contributed by atoms with Crippen LogP contribution in [0.1, 0.15) is 11.5 Å². The van der Waals surface area contributed by atoms with Gasteiger partial charge < -0.3 is 9.26 Å². The van der Waals surface area contributed by atoms with Crippen LogP contribution in [0.5, 0.6) is 5.88 Å². The molecule has 2 aromatic rings. The molecule has 2 aromatic heterocycles. The molecular formula is C10H6F3IN2O2. The van der Waals surface area contributed by atoms with Crippen LogP contribution in [0.3, 0.4) is 0 Å². The van der Waals surface area contributed by atoms with E-state index in [1.54, 1.807) is 18.3 Å². The monoisotopic (exact) mass is 370 g/mol. The predicted molar refractivity (Wildman–Crippen MR) is 62.8 cm³/mol. The Morgan fingerprint density at radius 1 is 1.33 bits per heavy atom. The fraction of sp³-hybridized carbons (Fsp3) is 0.200. The zero-order valence-corrected chi connectivity index (χ0v) is 10.9. The Balaban J connectivity index is 1.98. The Bertz CT molecular complexity index is 525. The molecule has 2 rings (SSSR count). The van der Waals surface area contributed by atoms with E-state index in [1.165, 1.54) is 0 Å². The zero-order valence-electron chi connectivity index (χ0n) is 8.74. The van der Waals surface area contributed by atoms with Crippen molar-refractivity contribution in [3.63, 3.8) is 0 Å². The molecule has 0 spiro atoms. The van der Waals surface area contributed by atoms with Crippen molar-refractivity contribution in [2.75, 3.05) is 0 Å². The normalized spacial score (nSPS) is 11.6. The van der Waals surface area contributed by atoms with Gasteiger partial charge in [0.1, 0.15) is 0 Å². The number of nitrogens with zero attached hydrogens (tertiary/aromatic N) is 2. The second kappa shape index (κ2) is 5.12. The number of alkyl halides is 3. The van der Waals surface area contributed by atoms with Gasteiger partial charge in [0.15, 0.2) is 18.1 Å². The Morgan fingerprint density at radius 3 is 2.67 bits per heavy atom. The molecular weight excluding hydrogens is 364 g/mol. The van der Waals surface area contributed by atoms with E-state index in [0.717, 1.165) is 9.64 Å². The van der Waals surface area contributed by atoms with E-state index in [9.17, 15) is 13.2 Å². The van der Waals surface area contributed by atoms with Crippen molar-refractivity contribution in [3.05, 3.63) is 39.4 Å². The molecule has 0 N–H and O–H groups in total. The molecule has 96 valence electrons.